The van der Waals surface area contributed by atoms with Crippen molar-refractivity contribution in [2.75, 3.05) is 24.8 Å². The summed E-state index contributed by atoms with van der Waals surface area (Å²) in [5.41, 5.74) is 1.40. The number of nitrogens with one attached hydrogen (secondary N) is 1. The molecule has 1 heterocycles. The topological polar surface area (TPSA) is 72.5 Å². The van der Waals surface area contributed by atoms with Crippen LogP contribution < -0.4 is 5.32 Å². The minimum absolute atomic E-state index is 0.0245. The van der Waals surface area contributed by atoms with Crippen molar-refractivity contribution in [3.05, 3.63) is 23.8 Å². The average molecular weight is 297 g/mol. The molecule has 0 bridgehead atoms. The van der Waals surface area contributed by atoms with E-state index in [4.69, 9.17) is 4.74 Å². The van der Waals surface area contributed by atoms with Crippen molar-refractivity contribution in [2.45, 2.75) is 24.7 Å². The molecule has 20 heavy (non-hydrogen) atoms. The molecule has 0 radical (unpaired) electrons. The van der Waals surface area contributed by atoms with Crippen molar-refractivity contribution >= 4 is 21.4 Å². The van der Waals surface area contributed by atoms with Crippen molar-refractivity contribution < 1.29 is 17.9 Å². The lowest BCUT2D eigenvalue weighted by Gasteiger charge is -2.21. The van der Waals surface area contributed by atoms with Gasteiger partial charge in [-0.1, -0.05) is 0 Å². The second-order valence-electron chi connectivity index (χ2n) is 5.12. The number of benzene rings is 1. The van der Waals surface area contributed by atoms with Crippen molar-refractivity contribution in [1.29, 1.82) is 0 Å². The van der Waals surface area contributed by atoms with Gasteiger partial charge >= 0.3 is 0 Å². The summed E-state index contributed by atoms with van der Waals surface area (Å²) < 4.78 is 28.2. The van der Waals surface area contributed by atoms with E-state index in [1.54, 1.807) is 19.1 Å². The van der Waals surface area contributed by atoms with Gasteiger partial charge in [-0.2, -0.15) is 0 Å². The Labute approximate surface area is 119 Å². The van der Waals surface area contributed by atoms with E-state index in [1.165, 1.54) is 12.3 Å². The molecule has 1 amide bonds. The molecule has 1 saturated heterocycles. The fourth-order valence-electron chi connectivity index (χ4n) is 2.20. The Morgan fingerprint density at radius 1 is 1.30 bits per heavy atom. The summed E-state index contributed by atoms with van der Waals surface area (Å²) >= 11 is 0. The van der Waals surface area contributed by atoms with Gasteiger partial charge < -0.3 is 10.1 Å². The van der Waals surface area contributed by atoms with Gasteiger partial charge in [-0.15, -0.1) is 0 Å². The molecular weight excluding hydrogens is 278 g/mol. The molecule has 0 saturated carbocycles. The number of hydrogen-bond acceptors (Lipinski definition) is 4. The van der Waals surface area contributed by atoms with Crippen LogP contribution in [-0.4, -0.2) is 33.8 Å². The minimum Gasteiger partial charge on any atom is -0.381 e. The number of sulfone groups is 1. The van der Waals surface area contributed by atoms with Crippen LogP contribution in [-0.2, 0) is 19.4 Å². The number of carbonyl (C=O) groups excluding carboxylic acids is 1. The molecule has 1 N–H and O–H groups in total. The Morgan fingerprint density at radius 3 is 2.50 bits per heavy atom. The Balaban J connectivity index is 2.11. The normalized spacial score (nSPS) is 16.9. The van der Waals surface area contributed by atoms with E-state index in [-0.39, 0.29) is 16.7 Å². The summed E-state index contributed by atoms with van der Waals surface area (Å²) in [7, 11) is -3.22. The fourth-order valence-corrected chi connectivity index (χ4v) is 2.91. The van der Waals surface area contributed by atoms with E-state index in [2.05, 4.69) is 5.32 Å². The average Bonchev–Trinajstić information content (AvgIpc) is 2.41. The zero-order valence-corrected chi connectivity index (χ0v) is 12.5. The number of ether oxygens (including phenoxy) is 1. The predicted octanol–water partition coefficient (Wildman–Crippen LogP) is 1.76. The van der Waals surface area contributed by atoms with E-state index in [0.29, 0.717) is 18.9 Å². The zero-order chi connectivity index (χ0) is 14.8. The first-order valence-corrected chi connectivity index (χ1v) is 8.46. The van der Waals surface area contributed by atoms with Gasteiger partial charge in [0.1, 0.15) is 0 Å². The molecule has 1 aliphatic rings. The molecule has 6 heteroatoms. The third-order valence-corrected chi connectivity index (χ3v) is 4.59. The Kier molecular flexibility index (Phi) is 4.45. The summed E-state index contributed by atoms with van der Waals surface area (Å²) in [6.45, 7) is 3.02. The maximum atomic E-state index is 12.1. The molecule has 1 aromatic carbocycles. The zero-order valence-electron chi connectivity index (χ0n) is 11.7. The molecule has 0 aromatic heterocycles. The maximum absolute atomic E-state index is 12.1. The molecule has 5 nitrogen and oxygen atoms in total. The SMILES string of the molecule is Cc1cc(S(C)(=O)=O)ccc1NC(=O)C1CCOCC1. The van der Waals surface area contributed by atoms with Crippen LogP contribution in [0.5, 0.6) is 0 Å². The molecular formula is C14H19NO4S. The van der Waals surface area contributed by atoms with Crippen LogP contribution in [0.3, 0.4) is 0 Å². The van der Waals surface area contributed by atoms with Crippen LogP contribution in [0.4, 0.5) is 5.69 Å². The van der Waals surface area contributed by atoms with Gasteiger partial charge in [0.15, 0.2) is 9.84 Å². The predicted molar refractivity (Wildman–Crippen MR) is 76.5 cm³/mol. The van der Waals surface area contributed by atoms with Gasteiger partial charge in [-0.25, -0.2) is 8.42 Å². The summed E-state index contributed by atoms with van der Waals surface area (Å²) in [5, 5.41) is 2.87. The Morgan fingerprint density at radius 2 is 1.95 bits per heavy atom. The highest BCUT2D eigenvalue weighted by Crippen LogP contribution is 2.22. The number of carbonyl (C=O) groups is 1. The van der Waals surface area contributed by atoms with Crippen molar-refractivity contribution in [3.63, 3.8) is 0 Å². The Bertz CT molecular complexity index is 604. The first-order chi connectivity index (χ1) is 9.38. The summed E-state index contributed by atoms with van der Waals surface area (Å²) in [6.07, 6.45) is 2.63. The highest BCUT2D eigenvalue weighted by molar-refractivity contribution is 7.90. The lowest BCUT2D eigenvalue weighted by Crippen LogP contribution is -2.28. The van der Waals surface area contributed by atoms with Gasteiger partial charge in [0.2, 0.25) is 5.91 Å². The second-order valence-corrected chi connectivity index (χ2v) is 7.14. The van der Waals surface area contributed by atoms with Crippen LogP contribution in [0.1, 0.15) is 18.4 Å². The van der Waals surface area contributed by atoms with Gasteiger partial charge in [0, 0.05) is 31.1 Å². The second kappa shape index (κ2) is 5.93. The number of aryl methyl sites for hydroxylation is 1. The molecule has 0 atom stereocenters. The monoisotopic (exact) mass is 297 g/mol. The van der Waals surface area contributed by atoms with E-state index in [9.17, 15) is 13.2 Å². The molecule has 0 spiro atoms. The third-order valence-electron chi connectivity index (χ3n) is 3.48. The number of anilines is 1. The first kappa shape index (κ1) is 15.0. The lowest BCUT2D eigenvalue weighted by molar-refractivity contribution is -0.122. The largest absolute Gasteiger partial charge is 0.381 e. The quantitative estimate of drug-likeness (QED) is 0.922. The molecule has 0 unspecified atom stereocenters. The van der Waals surface area contributed by atoms with Crippen LogP contribution in [0.2, 0.25) is 0 Å². The highest BCUT2D eigenvalue weighted by Gasteiger charge is 2.22. The first-order valence-electron chi connectivity index (χ1n) is 6.57. The van der Waals surface area contributed by atoms with Crippen LogP contribution >= 0.6 is 0 Å². The van der Waals surface area contributed by atoms with Gasteiger partial charge in [-0.3, -0.25) is 4.79 Å². The van der Waals surface area contributed by atoms with E-state index in [1.807, 2.05) is 0 Å². The Hall–Kier alpha value is -1.40. The lowest BCUT2D eigenvalue weighted by atomic mass is 9.99. The molecule has 110 valence electrons. The highest BCUT2D eigenvalue weighted by atomic mass is 32.2. The van der Waals surface area contributed by atoms with Gasteiger partial charge in [0.25, 0.3) is 0 Å². The maximum Gasteiger partial charge on any atom is 0.227 e. The molecule has 1 fully saturated rings. The third kappa shape index (κ3) is 3.58. The van der Waals surface area contributed by atoms with E-state index < -0.39 is 9.84 Å². The van der Waals surface area contributed by atoms with Crippen molar-refractivity contribution in [1.82, 2.24) is 0 Å². The van der Waals surface area contributed by atoms with Crippen LogP contribution in [0.25, 0.3) is 0 Å². The van der Waals surface area contributed by atoms with E-state index >= 15 is 0 Å². The number of amides is 1. The van der Waals surface area contributed by atoms with Gasteiger partial charge in [-0.05, 0) is 43.5 Å². The summed E-state index contributed by atoms with van der Waals surface area (Å²) in [5.74, 6) is -0.0544. The molecule has 1 aliphatic heterocycles. The molecule has 2 rings (SSSR count). The molecule has 0 aliphatic carbocycles. The number of hydrogen-bond donors (Lipinski definition) is 1. The standard InChI is InChI=1S/C14H19NO4S/c1-10-9-12(20(2,17)18)3-4-13(10)15-14(16)11-5-7-19-8-6-11/h3-4,9,11H,5-8H2,1-2H3,(H,15,16). The fraction of sp³-hybridized carbons (Fsp3) is 0.500. The number of rotatable bonds is 3. The van der Waals surface area contributed by atoms with E-state index in [0.717, 1.165) is 18.4 Å². The summed E-state index contributed by atoms with van der Waals surface area (Å²) in [4.78, 5) is 12.4. The molecule has 1 aromatic rings. The van der Waals surface area contributed by atoms with Crippen LogP contribution in [0, 0.1) is 12.8 Å². The minimum atomic E-state index is -3.22. The van der Waals surface area contributed by atoms with Crippen molar-refractivity contribution in [3.8, 4) is 0 Å². The summed E-state index contributed by atoms with van der Waals surface area (Å²) in [6, 6.07) is 4.74. The smallest absolute Gasteiger partial charge is 0.227 e. The van der Waals surface area contributed by atoms with Gasteiger partial charge in [0.05, 0.1) is 4.90 Å². The van der Waals surface area contributed by atoms with Crippen LogP contribution in [0.15, 0.2) is 23.1 Å². The van der Waals surface area contributed by atoms with Crippen molar-refractivity contribution in [2.24, 2.45) is 5.92 Å².